The van der Waals surface area contributed by atoms with Gasteiger partial charge in [-0.2, -0.15) is 0 Å². The zero-order valence-electron chi connectivity index (χ0n) is 20.9. The molecule has 10 nitrogen and oxygen atoms in total. The van der Waals surface area contributed by atoms with Gasteiger partial charge in [0.2, 0.25) is 11.8 Å². The maximum atomic E-state index is 13.1. The molecule has 11 heteroatoms. The highest BCUT2D eigenvalue weighted by Gasteiger charge is 2.40. The lowest BCUT2D eigenvalue weighted by atomic mass is 9.86. The van der Waals surface area contributed by atoms with E-state index in [-0.39, 0.29) is 49.4 Å². The SMILES string of the molecule is O=C(CCC(=O)c1ccc2c(c1)OCCO2)NC1(C(=O)NCCNC(=O)c2ccc(Cl)cc2)CCNCC1. The summed E-state index contributed by atoms with van der Waals surface area (Å²) < 4.78 is 11.0. The van der Waals surface area contributed by atoms with E-state index in [2.05, 4.69) is 21.3 Å². The van der Waals surface area contributed by atoms with Crippen LogP contribution in [-0.4, -0.2) is 68.4 Å². The van der Waals surface area contributed by atoms with Gasteiger partial charge in [-0.25, -0.2) is 0 Å². The first-order chi connectivity index (χ1) is 18.4. The summed E-state index contributed by atoms with van der Waals surface area (Å²) in [6.45, 7) is 2.43. The largest absolute Gasteiger partial charge is 0.486 e. The lowest BCUT2D eigenvalue weighted by Crippen LogP contribution is -2.63. The van der Waals surface area contributed by atoms with Gasteiger partial charge in [-0.3, -0.25) is 19.2 Å². The number of carbonyl (C=O) groups is 4. The van der Waals surface area contributed by atoms with E-state index in [1.807, 2.05) is 0 Å². The molecule has 1 saturated heterocycles. The fraction of sp³-hybridized carbons (Fsp3) is 0.407. The van der Waals surface area contributed by atoms with Gasteiger partial charge in [-0.05, 0) is 68.4 Å². The highest BCUT2D eigenvalue weighted by Crippen LogP contribution is 2.31. The minimum atomic E-state index is -1.08. The summed E-state index contributed by atoms with van der Waals surface area (Å²) in [4.78, 5) is 50.9. The predicted molar refractivity (Wildman–Crippen MR) is 141 cm³/mol. The number of nitrogens with one attached hydrogen (secondary N) is 4. The Bertz CT molecular complexity index is 1180. The molecule has 0 aliphatic carbocycles. The summed E-state index contributed by atoms with van der Waals surface area (Å²) in [7, 11) is 0. The lowest BCUT2D eigenvalue weighted by Gasteiger charge is -2.37. The smallest absolute Gasteiger partial charge is 0.251 e. The Morgan fingerprint density at radius 3 is 2.24 bits per heavy atom. The molecule has 0 spiro atoms. The molecule has 0 aromatic heterocycles. The molecule has 2 aliphatic heterocycles. The van der Waals surface area contributed by atoms with E-state index < -0.39 is 5.54 Å². The van der Waals surface area contributed by atoms with Crippen LogP contribution in [0.2, 0.25) is 5.02 Å². The minimum Gasteiger partial charge on any atom is -0.486 e. The molecule has 2 aromatic rings. The molecular formula is C27H31ClN4O6. The number of fused-ring (bicyclic) bond motifs is 1. The first kappa shape index (κ1) is 27.4. The number of ketones is 1. The average molecular weight is 543 g/mol. The standard InChI is InChI=1S/C27H31ClN4O6/c28-20-4-1-18(2-5-20)25(35)30-13-14-31-26(36)27(9-11-29-12-10-27)32-24(34)8-6-21(33)19-3-7-22-23(17-19)38-16-15-37-22/h1-5,7,17,29H,6,8-16H2,(H,30,35)(H,31,36)(H,32,34). The zero-order chi connectivity index (χ0) is 27.0. The topological polar surface area (TPSA) is 135 Å². The summed E-state index contributed by atoms with van der Waals surface area (Å²) in [5.41, 5.74) is -0.173. The normalized spacial score (nSPS) is 15.7. The number of hydrogen-bond donors (Lipinski definition) is 4. The van der Waals surface area contributed by atoms with Crippen molar-refractivity contribution >= 4 is 35.1 Å². The van der Waals surface area contributed by atoms with Crippen molar-refractivity contribution in [3.63, 3.8) is 0 Å². The van der Waals surface area contributed by atoms with Crippen molar-refractivity contribution in [1.29, 1.82) is 0 Å². The van der Waals surface area contributed by atoms with Crippen molar-refractivity contribution < 1.29 is 28.7 Å². The van der Waals surface area contributed by atoms with Crippen LogP contribution in [0.3, 0.4) is 0 Å². The number of benzene rings is 2. The maximum Gasteiger partial charge on any atom is 0.251 e. The molecule has 0 radical (unpaired) electrons. The molecule has 2 heterocycles. The molecule has 4 rings (SSSR count). The van der Waals surface area contributed by atoms with Crippen LogP contribution in [0.25, 0.3) is 0 Å². The number of amides is 3. The summed E-state index contributed by atoms with van der Waals surface area (Å²) in [5.74, 6) is -0.0497. The Balaban J connectivity index is 1.26. The van der Waals surface area contributed by atoms with Crippen molar-refractivity contribution in [2.75, 3.05) is 39.4 Å². The Hall–Kier alpha value is -3.63. The van der Waals surface area contributed by atoms with E-state index in [1.165, 1.54) is 0 Å². The fourth-order valence-electron chi connectivity index (χ4n) is 4.40. The second-order valence-corrected chi connectivity index (χ2v) is 9.62. The van der Waals surface area contributed by atoms with Crippen LogP contribution < -0.4 is 30.7 Å². The molecule has 0 bridgehead atoms. The van der Waals surface area contributed by atoms with Gasteiger partial charge < -0.3 is 30.7 Å². The predicted octanol–water partition coefficient (Wildman–Crippen LogP) is 1.86. The van der Waals surface area contributed by atoms with Crippen LogP contribution in [0.1, 0.15) is 46.4 Å². The van der Waals surface area contributed by atoms with Gasteiger partial charge in [0.1, 0.15) is 18.8 Å². The van der Waals surface area contributed by atoms with Gasteiger partial charge in [0.25, 0.3) is 5.91 Å². The summed E-state index contributed by atoms with van der Waals surface area (Å²) in [6, 6.07) is 11.5. The van der Waals surface area contributed by atoms with E-state index in [0.29, 0.717) is 66.8 Å². The van der Waals surface area contributed by atoms with Gasteiger partial charge in [0, 0.05) is 42.1 Å². The number of piperidine rings is 1. The molecular weight excluding hydrogens is 512 g/mol. The minimum absolute atomic E-state index is 0.00183. The first-order valence-corrected chi connectivity index (χ1v) is 13.0. The third-order valence-corrected chi connectivity index (χ3v) is 6.77. The average Bonchev–Trinajstić information content (AvgIpc) is 2.94. The molecule has 202 valence electrons. The molecule has 0 atom stereocenters. The lowest BCUT2D eigenvalue weighted by molar-refractivity contribution is -0.134. The number of hydrogen-bond acceptors (Lipinski definition) is 7. The quantitative estimate of drug-likeness (QED) is 0.266. The van der Waals surface area contributed by atoms with Crippen LogP contribution in [0.15, 0.2) is 42.5 Å². The number of Topliss-reactive ketones (excluding diaryl/α,β-unsaturated/α-hetero) is 1. The summed E-state index contributed by atoms with van der Waals surface area (Å²) >= 11 is 5.85. The van der Waals surface area contributed by atoms with Crippen LogP contribution >= 0.6 is 11.6 Å². The molecule has 2 aromatic carbocycles. The van der Waals surface area contributed by atoms with Crippen molar-refractivity contribution in [3.8, 4) is 11.5 Å². The second kappa shape index (κ2) is 12.7. The summed E-state index contributed by atoms with van der Waals surface area (Å²) in [5, 5.41) is 12.2. The fourth-order valence-corrected chi connectivity index (χ4v) is 4.53. The van der Waals surface area contributed by atoms with Gasteiger partial charge in [-0.15, -0.1) is 0 Å². The van der Waals surface area contributed by atoms with Gasteiger partial charge in [-0.1, -0.05) is 11.6 Å². The molecule has 2 aliphatic rings. The Morgan fingerprint density at radius 2 is 1.50 bits per heavy atom. The Kier molecular flexibility index (Phi) is 9.19. The number of rotatable bonds is 10. The molecule has 4 N–H and O–H groups in total. The molecule has 0 saturated carbocycles. The molecule has 3 amide bonds. The second-order valence-electron chi connectivity index (χ2n) is 9.18. The third-order valence-electron chi connectivity index (χ3n) is 6.52. The van der Waals surface area contributed by atoms with E-state index in [9.17, 15) is 19.2 Å². The van der Waals surface area contributed by atoms with Crippen LogP contribution in [0.4, 0.5) is 0 Å². The van der Waals surface area contributed by atoms with Crippen molar-refractivity contribution in [1.82, 2.24) is 21.3 Å². The van der Waals surface area contributed by atoms with Gasteiger partial charge in [0.15, 0.2) is 17.3 Å². The van der Waals surface area contributed by atoms with Gasteiger partial charge in [0.05, 0.1) is 0 Å². The van der Waals surface area contributed by atoms with E-state index in [1.54, 1.807) is 42.5 Å². The molecule has 0 unspecified atom stereocenters. The van der Waals surface area contributed by atoms with Crippen molar-refractivity contribution in [2.45, 2.75) is 31.2 Å². The van der Waals surface area contributed by atoms with Crippen LogP contribution in [-0.2, 0) is 9.59 Å². The summed E-state index contributed by atoms with van der Waals surface area (Å²) in [6.07, 6.45) is 0.778. The van der Waals surface area contributed by atoms with E-state index >= 15 is 0 Å². The van der Waals surface area contributed by atoms with Gasteiger partial charge >= 0.3 is 0 Å². The first-order valence-electron chi connectivity index (χ1n) is 12.6. The number of halogens is 1. The molecule has 38 heavy (non-hydrogen) atoms. The monoisotopic (exact) mass is 542 g/mol. The third kappa shape index (κ3) is 7.02. The van der Waals surface area contributed by atoms with Crippen LogP contribution in [0, 0.1) is 0 Å². The Morgan fingerprint density at radius 1 is 0.842 bits per heavy atom. The van der Waals surface area contributed by atoms with Crippen molar-refractivity contribution in [3.05, 3.63) is 58.6 Å². The zero-order valence-corrected chi connectivity index (χ0v) is 21.7. The molecule has 1 fully saturated rings. The Labute approximate surface area is 225 Å². The highest BCUT2D eigenvalue weighted by atomic mass is 35.5. The maximum absolute atomic E-state index is 13.1. The number of ether oxygens (including phenoxy) is 2. The number of carbonyl (C=O) groups excluding carboxylic acids is 4. The van der Waals surface area contributed by atoms with E-state index in [0.717, 1.165) is 0 Å². The highest BCUT2D eigenvalue weighted by molar-refractivity contribution is 6.30. The van der Waals surface area contributed by atoms with Crippen molar-refractivity contribution in [2.24, 2.45) is 0 Å². The van der Waals surface area contributed by atoms with Crippen LogP contribution in [0.5, 0.6) is 11.5 Å². The van der Waals surface area contributed by atoms with E-state index in [4.69, 9.17) is 21.1 Å².